The Labute approximate surface area is 195 Å². The quantitative estimate of drug-likeness (QED) is 0.351. The van der Waals surface area contributed by atoms with Crippen molar-refractivity contribution in [1.82, 2.24) is 15.6 Å². The number of ether oxygens (including phenoxy) is 2. The van der Waals surface area contributed by atoms with Crippen LogP contribution in [0.1, 0.15) is 26.7 Å². The summed E-state index contributed by atoms with van der Waals surface area (Å²) >= 11 is 1.33. The molecule has 1 atom stereocenters. The molecule has 0 fully saturated rings. The average molecular weight is 464 g/mol. The van der Waals surface area contributed by atoms with Gasteiger partial charge in [0, 0.05) is 35.1 Å². The molecular weight excluding hydrogens is 438 g/mol. The zero-order valence-corrected chi connectivity index (χ0v) is 19.2. The number of aromatic amines is 1. The lowest BCUT2D eigenvalue weighted by molar-refractivity contribution is -0.120. The number of rotatable bonds is 9. The van der Waals surface area contributed by atoms with Gasteiger partial charge < -0.3 is 25.1 Å². The monoisotopic (exact) mass is 463 g/mol. The number of nitrogens with one attached hydrogen (secondary N) is 3. The molecule has 4 aromatic rings. The number of fused-ring (bicyclic) bond motifs is 1. The molecular formula is C25H25N3O4S. The molecule has 8 heteroatoms. The van der Waals surface area contributed by atoms with Gasteiger partial charge in [-0.1, -0.05) is 36.4 Å². The van der Waals surface area contributed by atoms with Crippen molar-refractivity contribution in [3.8, 4) is 11.5 Å². The molecule has 0 saturated heterocycles. The maximum atomic E-state index is 12.6. The van der Waals surface area contributed by atoms with Crippen molar-refractivity contribution < 1.29 is 19.1 Å². The van der Waals surface area contributed by atoms with E-state index in [4.69, 9.17) is 9.47 Å². The number of methoxy groups -OCH3 is 2. The molecule has 2 aromatic heterocycles. The molecule has 0 spiro atoms. The van der Waals surface area contributed by atoms with Gasteiger partial charge in [-0.3, -0.25) is 9.59 Å². The van der Waals surface area contributed by atoms with Crippen LogP contribution < -0.4 is 20.1 Å². The van der Waals surface area contributed by atoms with E-state index in [1.54, 1.807) is 26.4 Å². The van der Waals surface area contributed by atoms with Crippen LogP contribution in [0.5, 0.6) is 11.5 Å². The largest absolute Gasteiger partial charge is 0.493 e. The summed E-state index contributed by atoms with van der Waals surface area (Å²) in [6, 6.07) is 17.3. The van der Waals surface area contributed by atoms with Crippen LogP contribution in [-0.4, -0.2) is 44.1 Å². The Bertz CT molecular complexity index is 1250. The van der Waals surface area contributed by atoms with E-state index >= 15 is 0 Å². The normalized spacial score (nSPS) is 11.7. The van der Waals surface area contributed by atoms with Gasteiger partial charge in [0.2, 0.25) is 5.91 Å². The van der Waals surface area contributed by atoms with Crippen LogP contribution in [0.25, 0.3) is 10.9 Å². The lowest BCUT2D eigenvalue weighted by Gasteiger charge is -2.22. The predicted molar refractivity (Wildman–Crippen MR) is 129 cm³/mol. The van der Waals surface area contributed by atoms with Crippen molar-refractivity contribution >= 4 is 34.1 Å². The molecule has 2 heterocycles. The molecule has 33 heavy (non-hydrogen) atoms. The van der Waals surface area contributed by atoms with Gasteiger partial charge in [0.15, 0.2) is 11.5 Å². The zero-order valence-electron chi connectivity index (χ0n) is 18.4. The van der Waals surface area contributed by atoms with Gasteiger partial charge in [-0.25, -0.2) is 0 Å². The third kappa shape index (κ3) is 4.85. The second-order valence-electron chi connectivity index (χ2n) is 7.39. The number of carbonyl (C=O) groups is 2. The van der Waals surface area contributed by atoms with Crippen molar-refractivity contribution in [2.75, 3.05) is 27.3 Å². The van der Waals surface area contributed by atoms with Gasteiger partial charge in [-0.05, 0) is 29.1 Å². The first-order valence-corrected chi connectivity index (χ1v) is 11.4. The summed E-state index contributed by atoms with van der Waals surface area (Å²) in [4.78, 5) is 28.6. The maximum Gasteiger partial charge on any atom is 0.261 e. The molecule has 4 rings (SSSR count). The van der Waals surface area contributed by atoms with E-state index < -0.39 is 0 Å². The van der Waals surface area contributed by atoms with Crippen LogP contribution in [0.2, 0.25) is 0 Å². The number of para-hydroxylation sites is 2. The zero-order chi connectivity index (χ0) is 23.2. The SMILES string of the molecule is COc1cccc(C(CNC(=O)CNC(=O)c2cccs2)c2c[nH]c3ccccc23)c1OC. The lowest BCUT2D eigenvalue weighted by atomic mass is 9.90. The molecule has 0 bridgehead atoms. The van der Waals surface area contributed by atoms with Crippen LogP contribution in [0, 0.1) is 0 Å². The first-order valence-electron chi connectivity index (χ1n) is 10.5. The minimum Gasteiger partial charge on any atom is -0.493 e. The number of H-pyrrole nitrogens is 1. The topological polar surface area (TPSA) is 92.5 Å². The lowest BCUT2D eigenvalue weighted by Crippen LogP contribution is -2.38. The molecule has 0 saturated carbocycles. The average Bonchev–Trinajstić information content (AvgIpc) is 3.53. The number of hydrogen-bond acceptors (Lipinski definition) is 5. The van der Waals surface area contributed by atoms with Gasteiger partial charge >= 0.3 is 0 Å². The number of hydrogen-bond donors (Lipinski definition) is 3. The Hall–Kier alpha value is -3.78. The van der Waals surface area contributed by atoms with Gasteiger partial charge in [-0.15, -0.1) is 11.3 Å². The molecule has 0 aliphatic carbocycles. The van der Waals surface area contributed by atoms with Crippen LogP contribution >= 0.6 is 11.3 Å². The van der Waals surface area contributed by atoms with Crippen molar-refractivity contribution in [1.29, 1.82) is 0 Å². The highest BCUT2D eigenvalue weighted by atomic mass is 32.1. The highest BCUT2D eigenvalue weighted by molar-refractivity contribution is 7.12. The fraction of sp³-hybridized carbons (Fsp3) is 0.200. The minimum absolute atomic E-state index is 0.105. The predicted octanol–water partition coefficient (Wildman–Crippen LogP) is 3.92. The molecule has 0 radical (unpaired) electrons. The molecule has 2 amide bonds. The Kier molecular flexibility index (Phi) is 6.95. The Balaban J connectivity index is 1.58. The smallest absolute Gasteiger partial charge is 0.261 e. The second-order valence-corrected chi connectivity index (χ2v) is 8.34. The molecule has 3 N–H and O–H groups in total. The fourth-order valence-corrected chi connectivity index (χ4v) is 4.53. The highest BCUT2D eigenvalue weighted by Crippen LogP contribution is 2.40. The van der Waals surface area contributed by atoms with E-state index in [2.05, 4.69) is 15.6 Å². The summed E-state index contributed by atoms with van der Waals surface area (Å²) in [5.41, 5.74) is 2.93. The molecule has 0 aliphatic heterocycles. The summed E-state index contributed by atoms with van der Waals surface area (Å²) in [6.07, 6.45) is 1.96. The van der Waals surface area contributed by atoms with E-state index in [1.165, 1.54) is 11.3 Å². The van der Waals surface area contributed by atoms with Crippen LogP contribution in [0.3, 0.4) is 0 Å². The van der Waals surface area contributed by atoms with E-state index in [0.717, 1.165) is 22.0 Å². The van der Waals surface area contributed by atoms with E-state index in [0.29, 0.717) is 22.9 Å². The molecule has 0 aliphatic rings. The van der Waals surface area contributed by atoms with Crippen LogP contribution in [-0.2, 0) is 4.79 Å². The number of benzene rings is 2. The van der Waals surface area contributed by atoms with E-state index in [-0.39, 0.29) is 24.3 Å². The minimum atomic E-state index is -0.272. The standard InChI is InChI=1S/C25H25N3O4S/c1-31-21-10-5-8-17(24(21)32-2)19(18-13-26-20-9-4-3-7-16(18)20)14-27-23(29)15-28-25(30)22-11-6-12-33-22/h3-13,19,26H,14-15H2,1-2H3,(H,27,29)(H,28,30). The van der Waals surface area contributed by atoms with Gasteiger partial charge in [0.05, 0.1) is 25.6 Å². The summed E-state index contributed by atoms with van der Waals surface area (Å²) in [7, 11) is 3.20. The van der Waals surface area contributed by atoms with E-state index in [9.17, 15) is 9.59 Å². The summed E-state index contributed by atoms with van der Waals surface area (Å²) in [5.74, 6) is 0.502. The molecule has 170 valence electrons. The van der Waals surface area contributed by atoms with Crippen molar-refractivity contribution in [2.24, 2.45) is 0 Å². The van der Waals surface area contributed by atoms with Gasteiger partial charge in [0.25, 0.3) is 5.91 Å². The van der Waals surface area contributed by atoms with Crippen molar-refractivity contribution in [3.63, 3.8) is 0 Å². The van der Waals surface area contributed by atoms with Crippen LogP contribution in [0.15, 0.2) is 66.2 Å². The first kappa shape index (κ1) is 22.4. The number of amides is 2. The third-order valence-corrected chi connectivity index (χ3v) is 6.33. The molecule has 1 unspecified atom stereocenters. The Morgan fingerprint density at radius 2 is 1.82 bits per heavy atom. The van der Waals surface area contributed by atoms with Crippen molar-refractivity contribution in [2.45, 2.75) is 5.92 Å². The second kappa shape index (κ2) is 10.2. The number of aromatic nitrogens is 1. The third-order valence-electron chi connectivity index (χ3n) is 5.46. The Morgan fingerprint density at radius 3 is 2.58 bits per heavy atom. The van der Waals surface area contributed by atoms with E-state index in [1.807, 2.05) is 54.0 Å². The maximum absolute atomic E-state index is 12.6. The van der Waals surface area contributed by atoms with Gasteiger partial charge in [0.1, 0.15) is 0 Å². The molecule has 2 aromatic carbocycles. The fourth-order valence-electron chi connectivity index (χ4n) is 3.89. The highest BCUT2D eigenvalue weighted by Gasteiger charge is 2.24. The summed E-state index contributed by atoms with van der Waals surface area (Å²) in [5, 5.41) is 8.51. The Morgan fingerprint density at radius 1 is 0.970 bits per heavy atom. The summed E-state index contributed by atoms with van der Waals surface area (Å²) < 4.78 is 11.2. The summed E-state index contributed by atoms with van der Waals surface area (Å²) in [6.45, 7) is 0.214. The first-order chi connectivity index (χ1) is 16.1. The van der Waals surface area contributed by atoms with Crippen molar-refractivity contribution in [3.05, 3.63) is 82.2 Å². The van der Waals surface area contributed by atoms with Crippen LogP contribution in [0.4, 0.5) is 0 Å². The molecule has 7 nitrogen and oxygen atoms in total. The number of thiophene rings is 1. The van der Waals surface area contributed by atoms with Gasteiger partial charge in [-0.2, -0.15) is 0 Å². The number of carbonyl (C=O) groups excluding carboxylic acids is 2.